The highest BCUT2D eigenvalue weighted by molar-refractivity contribution is 5.38. The van der Waals surface area contributed by atoms with Crippen LogP contribution in [0, 0.1) is 25.2 Å². The van der Waals surface area contributed by atoms with Crippen LogP contribution in [0.5, 0.6) is 5.75 Å². The van der Waals surface area contributed by atoms with Crippen LogP contribution in [-0.2, 0) is 6.42 Å². The van der Waals surface area contributed by atoms with Crippen LogP contribution in [-0.4, -0.2) is 7.11 Å². The quantitative estimate of drug-likeness (QED) is 0.831. The van der Waals surface area contributed by atoms with Crippen LogP contribution in [0.3, 0.4) is 0 Å². The number of nitriles is 1. The first-order valence-electron chi connectivity index (χ1n) is 6.73. The molecule has 2 aromatic rings. The van der Waals surface area contributed by atoms with Gasteiger partial charge in [-0.1, -0.05) is 35.9 Å². The normalized spacial score (nSPS) is 11.7. The number of hydrogen-bond acceptors (Lipinski definition) is 2. The Morgan fingerprint density at radius 1 is 1.15 bits per heavy atom. The molecule has 2 aromatic carbocycles. The van der Waals surface area contributed by atoms with Crippen LogP contribution in [0.1, 0.15) is 28.2 Å². The molecular formula is C18H19NO. The Hall–Kier alpha value is -2.27. The molecule has 0 fully saturated rings. The number of benzene rings is 2. The van der Waals surface area contributed by atoms with Crippen LogP contribution in [0.15, 0.2) is 42.5 Å². The monoisotopic (exact) mass is 265 g/mol. The van der Waals surface area contributed by atoms with Crippen LogP contribution in [0.25, 0.3) is 0 Å². The zero-order valence-electron chi connectivity index (χ0n) is 12.2. The van der Waals surface area contributed by atoms with Crippen molar-refractivity contribution in [1.82, 2.24) is 0 Å². The van der Waals surface area contributed by atoms with Crippen LogP contribution < -0.4 is 4.74 Å². The molecule has 102 valence electrons. The second kappa shape index (κ2) is 6.25. The Kier molecular flexibility index (Phi) is 4.42. The smallest absolute Gasteiger partial charge is 0.119 e. The molecular weight excluding hydrogens is 246 g/mol. The zero-order chi connectivity index (χ0) is 14.5. The van der Waals surface area contributed by atoms with E-state index >= 15 is 0 Å². The number of rotatable bonds is 4. The maximum absolute atomic E-state index is 9.50. The van der Waals surface area contributed by atoms with E-state index in [0.29, 0.717) is 6.42 Å². The molecule has 0 amide bonds. The van der Waals surface area contributed by atoms with Gasteiger partial charge < -0.3 is 4.74 Å². The third-order valence-electron chi connectivity index (χ3n) is 3.54. The fourth-order valence-corrected chi connectivity index (χ4v) is 2.40. The van der Waals surface area contributed by atoms with Crippen molar-refractivity contribution in [2.45, 2.75) is 26.2 Å². The summed E-state index contributed by atoms with van der Waals surface area (Å²) >= 11 is 0. The number of nitrogens with zero attached hydrogens (tertiary/aromatic N) is 1. The average molecular weight is 265 g/mol. The zero-order valence-corrected chi connectivity index (χ0v) is 12.2. The van der Waals surface area contributed by atoms with E-state index in [2.05, 4.69) is 38.1 Å². The highest BCUT2D eigenvalue weighted by Gasteiger charge is 2.14. The summed E-state index contributed by atoms with van der Waals surface area (Å²) in [6.07, 6.45) is 0.706. The number of methoxy groups -OCH3 is 1. The molecule has 0 bridgehead atoms. The van der Waals surface area contributed by atoms with Crippen molar-refractivity contribution in [1.29, 1.82) is 5.26 Å². The summed E-state index contributed by atoms with van der Waals surface area (Å²) in [5.41, 5.74) is 4.61. The van der Waals surface area contributed by atoms with Crippen molar-refractivity contribution in [3.8, 4) is 11.8 Å². The van der Waals surface area contributed by atoms with Gasteiger partial charge in [0.1, 0.15) is 5.75 Å². The summed E-state index contributed by atoms with van der Waals surface area (Å²) in [6.45, 7) is 4.12. The van der Waals surface area contributed by atoms with Gasteiger partial charge >= 0.3 is 0 Å². The minimum atomic E-state index is -0.123. The molecule has 0 aliphatic heterocycles. The lowest BCUT2D eigenvalue weighted by Gasteiger charge is -2.14. The van der Waals surface area contributed by atoms with Gasteiger partial charge in [0.25, 0.3) is 0 Å². The molecule has 0 radical (unpaired) electrons. The van der Waals surface area contributed by atoms with E-state index in [0.717, 1.165) is 16.9 Å². The van der Waals surface area contributed by atoms with Crippen molar-refractivity contribution < 1.29 is 4.74 Å². The van der Waals surface area contributed by atoms with E-state index in [1.165, 1.54) is 11.1 Å². The van der Waals surface area contributed by atoms with Gasteiger partial charge in [0.05, 0.1) is 19.1 Å². The molecule has 0 aliphatic rings. The molecule has 1 atom stereocenters. The largest absolute Gasteiger partial charge is 0.497 e. The summed E-state index contributed by atoms with van der Waals surface area (Å²) in [4.78, 5) is 0. The summed E-state index contributed by atoms with van der Waals surface area (Å²) in [5.74, 6) is 0.710. The van der Waals surface area contributed by atoms with Gasteiger partial charge in [-0.05, 0) is 49.1 Å². The fourth-order valence-electron chi connectivity index (χ4n) is 2.40. The van der Waals surface area contributed by atoms with Crippen molar-refractivity contribution in [2.24, 2.45) is 0 Å². The standard InChI is InChI=1S/C18H19NO/c1-13-7-8-14(2)18(9-13)16(12-19)10-15-5-4-6-17(11-15)20-3/h4-9,11,16H,10H2,1-3H3. The summed E-state index contributed by atoms with van der Waals surface area (Å²) in [6, 6.07) is 16.6. The molecule has 0 aromatic heterocycles. The molecule has 2 heteroatoms. The Balaban J connectivity index is 2.29. The average Bonchev–Trinajstić information content (AvgIpc) is 2.47. The maximum Gasteiger partial charge on any atom is 0.119 e. The molecule has 20 heavy (non-hydrogen) atoms. The van der Waals surface area contributed by atoms with E-state index in [-0.39, 0.29) is 5.92 Å². The van der Waals surface area contributed by atoms with E-state index in [1.54, 1.807) is 7.11 Å². The van der Waals surface area contributed by atoms with Gasteiger partial charge in [-0.25, -0.2) is 0 Å². The first kappa shape index (κ1) is 14.1. The first-order chi connectivity index (χ1) is 9.63. The molecule has 0 spiro atoms. The van der Waals surface area contributed by atoms with Crippen molar-refractivity contribution in [3.63, 3.8) is 0 Å². The minimum absolute atomic E-state index is 0.123. The van der Waals surface area contributed by atoms with Gasteiger partial charge in [-0.2, -0.15) is 5.26 Å². The predicted octanol–water partition coefficient (Wildman–Crippen LogP) is 4.16. The second-order valence-corrected chi connectivity index (χ2v) is 5.10. The highest BCUT2D eigenvalue weighted by atomic mass is 16.5. The molecule has 0 saturated heterocycles. The van der Waals surface area contributed by atoms with Gasteiger partial charge in [0.2, 0.25) is 0 Å². The van der Waals surface area contributed by atoms with Crippen molar-refractivity contribution in [3.05, 3.63) is 64.7 Å². The van der Waals surface area contributed by atoms with Gasteiger partial charge in [0.15, 0.2) is 0 Å². The minimum Gasteiger partial charge on any atom is -0.497 e. The lowest BCUT2D eigenvalue weighted by Crippen LogP contribution is -2.03. The second-order valence-electron chi connectivity index (χ2n) is 5.10. The van der Waals surface area contributed by atoms with E-state index < -0.39 is 0 Å². The van der Waals surface area contributed by atoms with Gasteiger partial charge in [-0.15, -0.1) is 0 Å². The summed E-state index contributed by atoms with van der Waals surface area (Å²) < 4.78 is 5.24. The SMILES string of the molecule is COc1cccc(CC(C#N)c2cc(C)ccc2C)c1. The molecule has 0 heterocycles. The lowest BCUT2D eigenvalue weighted by molar-refractivity contribution is 0.414. The summed E-state index contributed by atoms with van der Waals surface area (Å²) in [7, 11) is 1.66. The van der Waals surface area contributed by atoms with E-state index in [1.807, 2.05) is 24.3 Å². The highest BCUT2D eigenvalue weighted by Crippen LogP contribution is 2.25. The first-order valence-corrected chi connectivity index (χ1v) is 6.73. The molecule has 0 saturated carbocycles. The van der Waals surface area contributed by atoms with Crippen molar-refractivity contribution >= 4 is 0 Å². The molecule has 1 unspecified atom stereocenters. The molecule has 2 nitrogen and oxygen atoms in total. The van der Waals surface area contributed by atoms with Crippen LogP contribution >= 0.6 is 0 Å². The van der Waals surface area contributed by atoms with E-state index in [9.17, 15) is 5.26 Å². The third kappa shape index (κ3) is 3.19. The van der Waals surface area contributed by atoms with E-state index in [4.69, 9.17) is 4.74 Å². The molecule has 0 aliphatic carbocycles. The fraction of sp³-hybridized carbons (Fsp3) is 0.278. The van der Waals surface area contributed by atoms with Crippen molar-refractivity contribution in [2.75, 3.05) is 7.11 Å². The third-order valence-corrected chi connectivity index (χ3v) is 3.54. The van der Waals surface area contributed by atoms with Gasteiger partial charge in [-0.3, -0.25) is 0 Å². The predicted molar refractivity (Wildman–Crippen MR) is 81.0 cm³/mol. The number of hydrogen-bond donors (Lipinski definition) is 0. The van der Waals surface area contributed by atoms with Crippen LogP contribution in [0.4, 0.5) is 0 Å². The number of ether oxygens (including phenoxy) is 1. The lowest BCUT2D eigenvalue weighted by atomic mass is 9.89. The molecule has 0 N–H and O–H groups in total. The topological polar surface area (TPSA) is 33.0 Å². The maximum atomic E-state index is 9.50. The number of aryl methyl sites for hydroxylation is 2. The molecule has 2 rings (SSSR count). The summed E-state index contributed by atoms with van der Waals surface area (Å²) in [5, 5.41) is 9.50. The Morgan fingerprint density at radius 2 is 1.95 bits per heavy atom. The Bertz CT molecular complexity index is 640. The van der Waals surface area contributed by atoms with Gasteiger partial charge in [0, 0.05) is 0 Å². The van der Waals surface area contributed by atoms with Crippen LogP contribution in [0.2, 0.25) is 0 Å². The Morgan fingerprint density at radius 3 is 2.65 bits per heavy atom. The Labute approximate surface area is 120 Å².